The molecule has 5 rings (SSSR count). The van der Waals surface area contributed by atoms with Crippen molar-refractivity contribution in [2.24, 2.45) is 0 Å². The van der Waals surface area contributed by atoms with Crippen LogP contribution in [0.15, 0.2) is 75.9 Å². The van der Waals surface area contributed by atoms with Crippen LogP contribution in [-0.4, -0.2) is 18.1 Å². The highest BCUT2D eigenvalue weighted by Gasteiger charge is 2.43. The van der Waals surface area contributed by atoms with Crippen LogP contribution >= 0.6 is 0 Å². The number of carbonyl (C=O) groups is 1. The van der Waals surface area contributed by atoms with Crippen LogP contribution in [0.3, 0.4) is 0 Å². The lowest BCUT2D eigenvalue weighted by atomic mass is 9.97. The fourth-order valence-electron chi connectivity index (χ4n) is 4.26. The van der Waals surface area contributed by atoms with Crippen molar-refractivity contribution in [2.75, 3.05) is 12.0 Å². The van der Waals surface area contributed by atoms with Crippen LogP contribution < -0.4 is 15.1 Å². The number of methoxy groups -OCH3 is 1. The highest BCUT2D eigenvalue weighted by atomic mass is 16.5. The Morgan fingerprint density at radius 1 is 1.03 bits per heavy atom. The molecule has 32 heavy (non-hydrogen) atoms. The molecule has 1 amide bonds. The summed E-state index contributed by atoms with van der Waals surface area (Å²) in [6.07, 6.45) is 0.873. The van der Waals surface area contributed by atoms with Gasteiger partial charge in [0.05, 0.1) is 24.1 Å². The molecule has 1 atom stereocenters. The number of benzene rings is 3. The topological polar surface area (TPSA) is 80.0 Å². The second-order valence-electron chi connectivity index (χ2n) is 7.70. The van der Waals surface area contributed by atoms with Gasteiger partial charge in [0.2, 0.25) is 5.76 Å². The normalized spacial score (nSPS) is 15.2. The van der Waals surface area contributed by atoms with Crippen molar-refractivity contribution >= 4 is 22.6 Å². The predicted octanol–water partition coefficient (Wildman–Crippen LogP) is 4.82. The quantitative estimate of drug-likeness (QED) is 0.505. The van der Waals surface area contributed by atoms with Gasteiger partial charge in [0, 0.05) is 5.69 Å². The molecule has 0 radical (unpaired) electrons. The molecule has 2 heterocycles. The van der Waals surface area contributed by atoms with Crippen molar-refractivity contribution in [1.82, 2.24) is 0 Å². The van der Waals surface area contributed by atoms with E-state index in [1.54, 1.807) is 41.3 Å². The fourth-order valence-corrected chi connectivity index (χ4v) is 4.26. The minimum atomic E-state index is -0.722. The first-order chi connectivity index (χ1) is 15.5. The monoisotopic (exact) mass is 427 g/mol. The number of phenols is 1. The van der Waals surface area contributed by atoms with Crippen LogP contribution in [0.25, 0.3) is 11.0 Å². The van der Waals surface area contributed by atoms with E-state index in [0.29, 0.717) is 22.2 Å². The van der Waals surface area contributed by atoms with Crippen LogP contribution in [0.4, 0.5) is 5.69 Å². The van der Waals surface area contributed by atoms with E-state index in [1.165, 1.54) is 13.2 Å². The van der Waals surface area contributed by atoms with Gasteiger partial charge < -0.3 is 14.3 Å². The number of hydrogen-bond acceptors (Lipinski definition) is 5. The summed E-state index contributed by atoms with van der Waals surface area (Å²) in [5.74, 6) is -0.116. The van der Waals surface area contributed by atoms with Gasteiger partial charge in [-0.1, -0.05) is 37.3 Å². The molecular formula is C26H21NO5. The highest BCUT2D eigenvalue weighted by molar-refractivity contribution is 6.10. The predicted molar refractivity (Wildman–Crippen MR) is 122 cm³/mol. The average Bonchev–Trinajstić information content (AvgIpc) is 3.12. The number of hydrogen-bond donors (Lipinski definition) is 1. The minimum absolute atomic E-state index is 0.0230. The molecule has 160 valence electrons. The Morgan fingerprint density at radius 2 is 1.78 bits per heavy atom. The minimum Gasteiger partial charge on any atom is -0.504 e. The third-order valence-corrected chi connectivity index (χ3v) is 5.92. The van der Waals surface area contributed by atoms with E-state index >= 15 is 0 Å². The molecular weight excluding hydrogens is 406 g/mol. The number of para-hydroxylation sites is 1. The van der Waals surface area contributed by atoms with E-state index in [-0.39, 0.29) is 34.2 Å². The molecule has 0 spiro atoms. The lowest BCUT2D eigenvalue weighted by Gasteiger charge is -2.25. The number of amides is 1. The Kier molecular flexibility index (Phi) is 4.70. The molecule has 6 heteroatoms. The lowest BCUT2D eigenvalue weighted by Crippen LogP contribution is -2.29. The summed E-state index contributed by atoms with van der Waals surface area (Å²) in [6, 6.07) is 18.7. The van der Waals surface area contributed by atoms with Crippen LogP contribution in [0.2, 0.25) is 0 Å². The maximum atomic E-state index is 13.6. The largest absolute Gasteiger partial charge is 0.504 e. The van der Waals surface area contributed by atoms with Crippen LogP contribution in [0.5, 0.6) is 11.5 Å². The Bertz CT molecular complexity index is 1400. The maximum absolute atomic E-state index is 13.6. The molecule has 0 fully saturated rings. The van der Waals surface area contributed by atoms with Gasteiger partial charge >= 0.3 is 0 Å². The molecule has 0 saturated heterocycles. The van der Waals surface area contributed by atoms with E-state index < -0.39 is 6.04 Å². The zero-order valence-electron chi connectivity index (χ0n) is 17.7. The molecule has 4 aromatic rings. The molecule has 0 saturated carbocycles. The second kappa shape index (κ2) is 7.57. The van der Waals surface area contributed by atoms with Crippen molar-refractivity contribution in [1.29, 1.82) is 0 Å². The van der Waals surface area contributed by atoms with Gasteiger partial charge in [-0.2, -0.15) is 0 Å². The van der Waals surface area contributed by atoms with Gasteiger partial charge in [0.1, 0.15) is 5.58 Å². The second-order valence-corrected chi connectivity index (χ2v) is 7.70. The summed E-state index contributed by atoms with van der Waals surface area (Å²) >= 11 is 0. The standard InChI is InChI=1S/C26H21NO5/c1-3-15-8-11-17(12-9-15)27-23(16-10-13-19(28)21(14-16)31-2)22-24(29)18-6-4-5-7-20(18)32-25(22)26(27)30/h4-14,23,28H,3H2,1-2H3. The van der Waals surface area contributed by atoms with Crippen molar-refractivity contribution in [3.8, 4) is 11.5 Å². The van der Waals surface area contributed by atoms with Crippen molar-refractivity contribution in [2.45, 2.75) is 19.4 Å². The molecule has 6 nitrogen and oxygen atoms in total. The highest BCUT2D eigenvalue weighted by Crippen LogP contribution is 2.43. The van der Waals surface area contributed by atoms with E-state index in [2.05, 4.69) is 6.92 Å². The van der Waals surface area contributed by atoms with Gasteiger partial charge in [0.15, 0.2) is 16.9 Å². The van der Waals surface area contributed by atoms with Crippen molar-refractivity contribution < 1.29 is 19.1 Å². The average molecular weight is 427 g/mol. The van der Waals surface area contributed by atoms with Gasteiger partial charge in [0.25, 0.3) is 5.91 Å². The number of rotatable bonds is 4. The molecule has 3 aromatic carbocycles. The lowest BCUT2D eigenvalue weighted by molar-refractivity contribution is 0.0971. The first-order valence-corrected chi connectivity index (χ1v) is 10.4. The van der Waals surface area contributed by atoms with Crippen molar-refractivity contribution in [3.63, 3.8) is 0 Å². The van der Waals surface area contributed by atoms with Gasteiger partial charge in [-0.05, 0) is 53.9 Å². The molecule has 1 aliphatic heterocycles. The Morgan fingerprint density at radius 3 is 2.50 bits per heavy atom. The summed E-state index contributed by atoms with van der Waals surface area (Å²) < 4.78 is 11.2. The SMILES string of the molecule is CCc1ccc(N2C(=O)c3oc4ccccc4c(=O)c3C2c2ccc(O)c(OC)c2)cc1. The molecule has 1 N–H and O–H groups in total. The molecule has 0 aliphatic carbocycles. The number of carbonyl (C=O) groups excluding carboxylic acids is 1. The van der Waals surface area contributed by atoms with Gasteiger partial charge in [-0.3, -0.25) is 14.5 Å². The third-order valence-electron chi connectivity index (χ3n) is 5.92. The van der Waals surface area contributed by atoms with Crippen LogP contribution in [-0.2, 0) is 6.42 Å². The first-order valence-electron chi connectivity index (χ1n) is 10.4. The smallest absolute Gasteiger partial charge is 0.295 e. The first kappa shape index (κ1) is 19.9. The van der Waals surface area contributed by atoms with Gasteiger partial charge in [-0.25, -0.2) is 0 Å². The van der Waals surface area contributed by atoms with Crippen molar-refractivity contribution in [3.05, 3.63) is 99.4 Å². The molecule has 1 aliphatic rings. The number of aromatic hydroxyl groups is 1. The number of fused-ring (bicyclic) bond motifs is 2. The summed E-state index contributed by atoms with van der Waals surface area (Å²) in [5.41, 5.74) is 2.82. The maximum Gasteiger partial charge on any atom is 0.295 e. The van der Waals surface area contributed by atoms with E-state index in [4.69, 9.17) is 9.15 Å². The van der Waals surface area contributed by atoms with E-state index in [0.717, 1.165) is 12.0 Å². The summed E-state index contributed by atoms with van der Waals surface area (Å²) in [7, 11) is 1.45. The molecule has 1 aromatic heterocycles. The summed E-state index contributed by atoms with van der Waals surface area (Å²) in [4.78, 5) is 28.7. The fraction of sp³-hybridized carbons (Fsp3) is 0.154. The van der Waals surface area contributed by atoms with E-state index in [1.807, 2.05) is 24.3 Å². The Hall–Kier alpha value is -4.06. The number of nitrogens with zero attached hydrogens (tertiary/aromatic N) is 1. The number of ether oxygens (including phenoxy) is 1. The summed E-state index contributed by atoms with van der Waals surface area (Å²) in [5, 5.41) is 10.5. The third kappa shape index (κ3) is 2.95. The number of phenolic OH excluding ortho intramolecular Hbond substituents is 1. The molecule has 1 unspecified atom stereocenters. The number of aryl methyl sites for hydroxylation is 1. The van der Waals surface area contributed by atoms with Gasteiger partial charge in [-0.15, -0.1) is 0 Å². The zero-order chi connectivity index (χ0) is 22.4. The Balaban J connectivity index is 1.79. The zero-order valence-corrected chi connectivity index (χ0v) is 17.7. The molecule has 0 bridgehead atoms. The van der Waals surface area contributed by atoms with Crippen LogP contribution in [0.1, 0.15) is 40.2 Å². The number of anilines is 1. The Labute approximate surface area is 184 Å². The summed E-state index contributed by atoms with van der Waals surface area (Å²) in [6.45, 7) is 2.06. The van der Waals surface area contributed by atoms with E-state index in [9.17, 15) is 14.7 Å². The van der Waals surface area contributed by atoms with Crippen LogP contribution in [0, 0.1) is 0 Å².